The van der Waals surface area contributed by atoms with E-state index in [1.165, 1.54) is 30.4 Å². The third kappa shape index (κ3) is 3.41. The molecule has 1 heterocycles. The number of halogens is 1. The molecule has 0 unspecified atom stereocenters. The largest absolute Gasteiger partial charge is 0.334 e. The standard InChI is InChI=1S/C17H24N2O.ClH/c18-13-17(8-4-1-5-9-17)10-16(20)19-11-14-6-2-3-7-15(14)12-19;/h2-3,6-7H,1,4-5,8-13,18H2;1H. The molecule has 3 rings (SSSR count). The Morgan fingerprint density at radius 3 is 2.19 bits per heavy atom. The number of carbonyl (C=O) groups excluding carboxylic acids is 1. The fourth-order valence-electron chi connectivity index (χ4n) is 3.70. The van der Waals surface area contributed by atoms with Crippen LogP contribution in [-0.4, -0.2) is 17.4 Å². The van der Waals surface area contributed by atoms with Crippen LogP contribution in [0, 0.1) is 5.41 Å². The van der Waals surface area contributed by atoms with Gasteiger partial charge in [-0.1, -0.05) is 43.5 Å². The van der Waals surface area contributed by atoms with E-state index in [1.54, 1.807) is 0 Å². The minimum absolute atomic E-state index is 0. The van der Waals surface area contributed by atoms with E-state index < -0.39 is 0 Å². The maximum atomic E-state index is 12.6. The van der Waals surface area contributed by atoms with Crippen molar-refractivity contribution in [3.8, 4) is 0 Å². The summed E-state index contributed by atoms with van der Waals surface area (Å²) in [6.07, 6.45) is 6.63. The molecule has 3 nitrogen and oxygen atoms in total. The number of amides is 1. The first-order valence-corrected chi connectivity index (χ1v) is 7.77. The van der Waals surface area contributed by atoms with Gasteiger partial charge in [-0.05, 0) is 35.9 Å². The average molecular weight is 309 g/mol. The summed E-state index contributed by atoms with van der Waals surface area (Å²) in [6.45, 7) is 2.20. The highest BCUT2D eigenvalue weighted by atomic mass is 35.5. The summed E-state index contributed by atoms with van der Waals surface area (Å²) in [5, 5.41) is 0. The Kier molecular flexibility index (Phi) is 5.28. The number of hydrogen-bond acceptors (Lipinski definition) is 2. The molecular formula is C17H25ClN2O. The minimum atomic E-state index is 0. The summed E-state index contributed by atoms with van der Waals surface area (Å²) in [7, 11) is 0. The lowest BCUT2D eigenvalue weighted by Gasteiger charge is -2.36. The van der Waals surface area contributed by atoms with Gasteiger partial charge in [0, 0.05) is 19.5 Å². The molecule has 1 saturated carbocycles. The van der Waals surface area contributed by atoms with Gasteiger partial charge in [-0.25, -0.2) is 0 Å². The van der Waals surface area contributed by atoms with E-state index in [9.17, 15) is 4.79 Å². The van der Waals surface area contributed by atoms with Crippen LogP contribution in [0.4, 0.5) is 0 Å². The molecule has 4 heteroatoms. The van der Waals surface area contributed by atoms with Gasteiger partial charge in [0.05, 0.1) is 0 Å². The summed E-state index contributed by atoms with van der Waals surface area (Å²) in [6, 6.07) is 8.36. The molecule has 0 saturated heterocycles. The van der Waals surface area contributed by atoms with Crippen molar-refractivity contribution in [1.29, 1.82) is 0 Å². The molecule has 1 aromatic rings. The highest BCUT2D eigenvalue weighted by Gasteiger charge is 2.35. The Hall–Kier alpha value is -1.06. The van der Waals surface area contributed by atoms with Gasteiger partial charge in [-0.15, -0.1) is 12.4 Å². The molecule has 1 amide bonds. The van der Waals surface area contributed by atoms with Crippen LogP contribution in [0.15, 0.2) is 24.3 Å². The van der Waals surface area contributed by atoms with E-state index >= 15 is 0 Å². The molecule has 21 heavy (non-hydrogen) atoms. The van der Waals surface area contributed by atoms with Crippen molar-refractivity contribution in [2.24, 2.45) is 11.1 Å². The Morgan fingerprint density at radius 1 is 1.10 bits per heavy atom. The molecule has 0 spiro atoms. The van der Waals surface area contributed by atoms with Crippen LogP contribution in [-0.2, 0) is 17.9 Å². The first kappa shape index (κ1) is 16.3. The Balaban J connectivity index is 0.00000161. The van der Waals surface area contributed by atoms with Crippen LogP contribution < -0.4 is 5.73 Å². The summed E-state index contributed by atoms with van der Waals surface area (Å²) in [5.74, 6) is 0.286. The van der Waals surface area contributed by atoms with E-state index in [0.29, 0.717) is 13.0 Å². The zero-order valence-electron chi connectivity index (χ0n) is 12.5. The molecule has 1 fully saturated rings. The van der Waals surface area contributed by atoms with Gasteiger partial charge in [-0.3, -0.25) is 4.79 Å². The normalized spacial score (nSPS) is 19.8. The Bertz CT molecular complexity index is 472. The number of nitrogens with two attached hydrogens (primary N) is 1. The second kappa shape index (κ2) is 6.80. The van der Waals surface area contributed by atoms with Gasteiger partial charge in [-0.2, -0.15) is 0 Å². The van der Waals surface area contributed by atoms with Crippen LogP contribution in [0.1, 0.15) is 49.7 Å². The van der Waals surface area contributed by atoms with Gasteiger partial charge in [0.25, 0.3) is 0 Å². The van der Waals surface area contributed by atoms with Gasteiger partial charge >= 0.3 is 0 Å². The highest BCUT2D eigenvalue weighted by molar-refractivity contribution is 5.85. The van der Waals surface area contributed by atoms with Crippen molar-refractivity contribution in [2.45, 2.75) is 51.6 Å². The van der Waals surface area contributed by atoms with Gasteiger partial charge < -0.3 is 10.6 Å². The number of hydrogen-bond donors (Lipinski definition) is 1. The SMILES string of the molecule is Cl.NCC1(CC(=O)N2Cc3ccccc3C2)CCCCC1. The van der Waals surface area contributed by atoms with Gasteiger partial charge in [0.1, 0.15) is 0 Å². The molecule has 1 aliphatic carbocycles. The van der Waals surface area contributed by atoms with Crippen LogP contribution in [0.5, 0.6) is 0 Å². The van der Waals surface area contributed by atoms with Crippen LogP contribution in [0.3, 0.4) is 0 Å². The molecule has 1 aromatic carbocycles. The molecule has 116 valence electrons. The van der Waals surface area contributed by atoms with Crippen LogP contribution in [0.2, 0.25) is 0 Å². The zero-order chi connectivity index (χ0) is 14.0. The first-order chi connectivity index (χ1) is 9.72. The summed E-state index contributed by atoms with van der Waals surface area (Å²) in [5.41, 5.74) is 8.67. The number of carbonyl (C=O) groups is 1. The third-order valence-electron chi connectivity index (χ3n) is 5.07. The van der Waals surface area contributed by atoms with E-state index in [2.05, 4.69) is 24.3 Å². The third-order valence-corrected chi connectivity index (χ3v) is 5.07. The first-order valence-electron chi connectivity index (χ1n) is 7.77. The fraction of sp³-hybridized carbons (Fsp3) is 0.588. The van der Waals surface area contributed by atoms with Crippen LogP contribution in [0.25, 0.3) is 0 Å². The number of nitrogens with zero attached hydrogens (tertiary/aromatic N) is 1. The second-order valence-electron chi connectivity index (χ2n) is 6.46. The molecule has 0 radical (unpaired) electrons. The Labute approximate surface area is 133 Å². The fourth-order valence-corrected chi connectivity index (χ4v) is 3.70. The molecule has 2 N–H and O–H groups in total. The van der Waals surface area contributed by atoms with E-state index in [0.717, 1.165) is 25.9 Å². The molecule has 2 aliphatic rings. The summed E-state index contributed by atoms with van der Waals surface area (Å²) < 4.78 is 0. The lowest BCUT2D eigenvalue weighted by atomic mass is 9.71. The quantitative estimate of drug-likeness (QED) is 0.931. The topological polar surface area (TPSA) is 46.3 Å². The molecule has 0 aromatic heterocycles. The highest BCUT2D eigenvalue weighted by Crippen LogP contribution is 2.39. The van der Waals surface area contributed by atoms with Crippen LogP contribution >= 0.6 is 12.4 Å². The molecule has 1 aliphatic heterocycles. The van der Waals surface area contributed by atoms with Gasteiger partial charge in [0.15, 0.2) is 0 Å². The predicted molar refractivity (Wildman–Crippen MR) is 87.1 cm³/mol. The number of fused-ring (bicyclic) bond motifs is 1. The smallest absolute Gasteiger partial charge is 0.223 e. The summed E-state index contributed by atoms with van der Waals surface area (Å²) >= 11 is 0. The van der Waals surface area contributed by atoms with Crippen molar-refractivity contribution in [3.05, 3.63) is 35.4 Å². The maximum absolute atomic E-state index is 12.6. The van der Waals surface area contributed by atoms with Crippen molar-refractivity contribution in [3.63, 3.8) is 0 Å². The van der Waals surface area contributed by atoms with Crippen molar-refractivity contribution in [1.82, 2.24) is 4.90 Å². The predicted octanol–water partition coefficient (Wildman–Crippen LogP) is 3.25. The van der Waals surface area contributed by atoms with E-state index in [1.807, 2.05) is 4.90 Å². The van der Waals surface area contributed by atoms with Crippen molar-refractivity contribution in [2.75, 3.05) is 6.54 Å². The van der Waals surface area contributed by atoms with E-state index in [4.69, 9.17) is 5.73 Å². The Morgan fingerprint density at radius 2 is 1.67 bits per heavy atom. The summed E-state index contributed by atoms with van der Waals surface area (Å²) in [4.78, 5) is 14.6. The molecule has 0 bridgehead atoms. The lowest BCUT2D eigenvalue weighted by molar-refractivity contribution is -0.134. The second-order valence-corrected chi connectivity index (χ2v) is 6.46. The van der Waals surface area contributed by atoms with Crippen molar-refractivity contribution < 1.29 is 4.79 Å². The molecular weight excluding hydrogens is 284 g/mol. The lowest BCUT2D eigenvalue weighted by Crippen LogP contribution is -2.39. The number of rotatable bonds is 3. The van der Waals surface area contributed by atoms with Gasteiger partial charge in [0.2, 0.25) is 5.91 Å². The maximum Gasteiger partial charge on any atom is 0.223 e. The molecule has 0 atom stereocenters. The van der Waals surface area contributed by atoms with Crippen molar-refractivity contribution >= 4 is 18.3 Å². The zero-order valence-corrected chi connectivity index (χ0v) is 13.3. The average Bonchev–Trinajstić information content (AvgIpc) is 2.92. The van der Waals surface area contributed by atoms with E-state index in [-0.39, 0.29) is 23.7 Å². The monoisotopic (exact) mass is 308 g/mol. The number of benzene rings is 1. The minimum Gasteiger partial charge on any atom is -0.334 e.